The molecule has 0 spiro atoms. The third-order valence-corrected chi connectivity index (χ3v) is 3.68. The summed E-state index contributed by atoms with van der Waals surface area (Å²) in [6, 6.07) is 0. The van der Waals surface area contributed by atoms with Gasteiger partial charge in [0.25, 0.3) is 0 Å². The highest BCUT2D eigenvalue weighted by atomic mass is 16.3. The molecule has 0 saturated heterocycles. The molecule has 0 aromatic carbocycles. The van der Waals surface area contributed by atoms with Gasteiger partial charge in [0.05, 0.1) is 5.60 Å². The minimum Gasteiger partial charge on any atom is -0.390 e. The van der Waals surface area contributed by atoms with Crippen molar-refractivity contribution in [3.63, 3.8) is 0 Å². The summed E-state index contributed by atoms with van der Waals surface area (Å²) in [7, 11) is 0. The van der Waals surface area contributed by atoms with Crippen LogP contribution < -0.4 is 0 Å². The molecular formula is C10H16O2. The quantitative estimate of drug-likeness (QED) is 0.635. The number of carbonyl (C=O) groups is 1. The molecule has 2 unspecified atom stereocenters. The summed E-state index contributed by atoms with van der Waals surface area (Å²) in [5.41, 5.74) is -0.697. The Morgan fingerprint density at radius 3 is 2.42 bits per heavy atom. The van der Waals surface area contributed by atoms with Crippen LogP contribution in [0.4, 0.5) is 0 Å². The van der Waals surface area contributed by atoms with E-state index in [4.69, 9.17) is 0 Å². The molecule has 0 bridgehead atoms. The monoisotopic (exact) mass is 168 g/mol. The second kappa shape index (κ2) is 2.32. The fraction of sp³-hybridized carbons (Fsp3) is 0.900. The molecule has 0 radical (unpaired) electrons. The average Bonchev–Trinajstić information content (AvgIpc) is 2.72. The highest BCUT2D eigenvalue weighted by Crippen LogP contribution is 2.58. The van der Waals surface area contributed by atoms with Gasteiger partial charge in [-0.25, -0.2) is 0 Å². The van der Waals surface area contributed by atoms with Gasteiger partial charge in [0.1, 0.15) is 6.29 Å². The van der Waals surface area contributed by atoms with E-state index < -0.39 is 5.60 Å². The van der Waals surface area contributed by atoms with Crippen molar-refractivity contribution in [1.82, 2.24) is 0 Å². The number of rotatable bonds is 2. The second-order valence-electron chi connectivity index (χ2n) is 4.65. The van der Waals surface area contributed by atoms with Crippen LogP contribution in [0, 0.1) is 11.3 Å². The van der Waals surface area contributed by atoms with E-state index in [2.05, 4.69) is 0 Å². The van der Waals surface area contributed by atoms with E-state index in [-0.39, 0.29) is 11.3 Å². The molecule has 2 heteroatoms. The molecule has 0 aromatic heterocycles. The van der Waals surface area contributed by atoms with Gasteiger partial charge in [-0.05, 0) is 38.5 Å². The summed E-state index contributed by atoms with van der Waals surface area (Å²) in [4.78, 5) is 10.9. The number of hydrogen-bond donors (Lipinski definition) is 1. The van der Waals surface area contributed by atoms with E-state index >= 15 is 0 Å². The lowest BCUT2D eigenvalue weighted by atomic mass is 9.80. The lowest BCUT2D eigenvalue weighted by Gasteiger charge is -2.29. The molecule has 2 nitrogen and oxygen atoms in total. The predicted molar refractivity (Wildman–Crippen MR) is 45.7 cm³/mol. The molecule has 2 rings (SSSR count). The van der Waals surface area contributed by atoms with Gasteiger partial charge >= 0.3 is 0 Å². The first kappa shape index (κ1) is 8.24. The second-order valence-corrected chi connectivity index (χ2v) is 4.65. The molecule has 0 amide bonds. The number of hydrogen-bond acceptors (Lipinski definition) is 2. The summed E-state index contributed by atoms with van der Waals surface area (Å²) in [5, 5.41) is 10.0. The zero-order valence-electron chi connectivity index (χ0n) is 7.55. The summed E-state index contributed by atoms with van der Waals surface area (Å²) < 4.78 is 0. The Morgan fingerprint density at radius 2 is 2.08 bits per heavy atom. The smallest absolute Gasteiger partial charge is 0.126 e. The van der Waals surface area contributed by atoms with Crippen molar-refractivity contribution in [2.24, 2.45) is 11.3 Å². The Bertz CT molecular complexity index is 204. The Morgan fingerprint density at radius 1 is 1.42 bits per heavy atom. The van der Waals surface area contributed by atoms with Gasteiger partial charge in [-0.2, -0.15) is 0 Å². The Hall–Kier alpha value is -0.370. The maximum Gasteiger partial charge on any atom is 0.126 e. The van der Waals surface area contributed by atoms with Crippen molar-refractivity contribution < 1.29 is 9.90 Å². The first-order valence-electron chi connectivity index (χ1n) is 4.79. The Kier molecular flexibility index (Phi) is 1.59. The van der Waals surface area contributed by atoms with Gasteiger partial charge in [0.2, 0.25) is 0 Å². The standard InChI is InChI=1S/C10H16O2/c1-9(12)4-2-3-8(9)10(7-11)5-6-10/h7-8,12H,2-6H2,1H3. The molecule has 0 aromatic rings. The SMILES string of the molecule is CC1(O)CCCC1C1(C=O)CC1. The lowest BCUT2D eigenvalue weighted by Crippen LogP contribution is -2.36. The van der Waals surface area contributed by atoms with Crippen LogP contribution in [0.3, 0.4) is 0 Å². The van der Waals surface area contributed by atoms with Crippen molar-refractivity contribution in [3.8, 4) is 0 Å². The van der Waals surface area contributed by atoms with Crippen molar-refractivity contribution in [2.75, 3.05) is 0 Å². The van der Waals surface area contributed by atoms with Gasteiger partial charge in [-0.15, -0.1) is 0 Å². The van der Waals surface area contributed by atoms with Crippen molar-refractivity contribution in [1.29, 1.82) is 0 Å². The number of aldehydes is 1. The van der Waals surface area contributed by atoms with E-state index in [0.29, 0.717) is 0 Å². The largest absolute Gasteiger partial charge is 0.390 e. The molecule has 0 heterocycles. The van der Waals surface area contributed by atoms with Crippen LogP contribution in [-0.4, -0.2) is 17.0 Å². The molecule has 2 saturated carbocycles. The van der Waals surface area contributed by atoms with Crippen LogP contribution in [0.2, 0.25) is 0 Å². The van der Waals surface area contributed by atoms with Crippen LogP contribution in [0.5, 0.6) is 0 Å². The summed E-state index contributed by atoms with van der Waals surface area (Å²) in [5.74, 6) is 0.238. The zero-order valence-corrected chi connectivity index (χ0v) is 7.55. The van der Waals surface area contributed by atoms with Gasteiger partial charge in [0, 0.05) is 5.41 Å². The van der Waals surface area contributed by atoms with Crippen molar-refractivity contribution >= 4 is 6.29 Å². The fourth-order valence-electron chi connectivity index (χ4n) is 2.75. The van der Waals surface area contributed by atoms with Gasteiger partial charge in [-0.3, -0.25) is 0 Å². The van der Waals surface area contributed by atoms with Gasteiger partial charge in [0.15, 0.2) is 0 Å². The minimum absolute atomic E-state index is 0.125. The first-order chi connectivity index (χ1) is 5.61. The summed E-state index contributed by atoms with van der Waals surface area (Å²) >= 11 is 0. The molecule has 2 aliphatic rings. The summed E-state index contributed by atoms with van der Waals surface area (Å²) in [6.07, 6.45) is 6.05. The van der Waals surface area contributed by atoms with Gasteiger partial charge < -0.3 is 9.90 Å². The van der Waals surface area contributed by atoms with Crippen molar-refractivity contribution in [3.05, 3.63) is 0 Å². The average molecular weight is 168 g/mol. The fourth-order valence-corrected chi connectivity index (χ4v) is 2.75. The molecule has 68 valence electrons. The molecular weight excluding hydrogens is 152 g/mol. The topological polar surface area (TPSA) is 37.3 Å². The molecule has 2 aliphatic carbocycles. The highest BCUT2D eigenvalue weighted by Gasteiger charge is 2.57. The zero-order chi connectivity index (χ0) is 8.82. The third-order valence-electron chi connectivity index (χ3n) is 3.68. The Balaban J connectivity index is 2.18. The highest BCUT2D eigenvalue weighted by molar-refractivity contribution is 5.64. The van der Waals surface area contributed by atoms with Crippen LogP contribution in [0.1, 0.15) is 39.0 Å². The van der Waals surface area contributed by atoms with E-state index in [1.54, 1.807) is 0 Å². The molecule has 2 atom stereocenters. The van der Waals surface area contributed by atoms with Crippen LogP contribution in [-0.2, 0) is 4.79 Å². The molecule has 0 aliphatic heterocycles. The normalized spacial score (nSPS) is 44.3. The van der Waals surface area contributed by atoms with Crippen LogP contribution in [0.25, 0.3) is 0 Å². The maximum atomic E-state index is 10.9. The maximum absolute atomic E-state index is 10.9. The van der Waals surface area contributed by atoms with E-state index in [1.165, 1.54) is 0 Å². The number of carbonyl (C=O) groups excluding carboxylic acids is 1. The van der Waals surface area contributed by atoms with Gasteiger partial charge in [-0.1, -0.05) is 6.42 Å². The minimum atomic E-state index is -0.572. The molecule has 12 heavy (non-hydrogen) atoms. The third kappa shape index (κ3) is 1.01. The van der Waals surface area contributed by atoms with Crippen LogP contribution in [0.15, 0.2) is 0 Å². The lowest BCUT2D eigenvalue weighted by molar-refractivity contribution is -0.117. The molecule has 2 fully saturated rings. The predicted octanol–water partition coefficient (Wildman–Crippen LogP) is 1.52. The first-order valence-corrected chi connectivity index (χ1v) is 4.79. The van der Waals surface area contributed by atoms with E-state index in [9.17, 15) is 9.90 Å². The number of aliphatic hydroxyl groups is 1. The van der Waals surface area contributed by atoms with E-state index in [0.717, 1.165) is 38.4 Å². The molecule has 1 N–H and O–H groups in total. The van der Waals surface area contributed by atoms with E-state index in [1.807, 2.05) is 6.92 Å². The van der Waals surface area contributed by atoms with Crippen molar-refractivity contribution in [2.45, 2.75) is 44.6 Å². The van der Waals surface area contributed by atoms with Crippen LogP contribution >= 0.6 is 0 Å². The Labute approximate surface area is 73.0 Å². The summed E-state index contributed by atoms with van der Waals surface area (Å²) in [6.45, 7) is 1.88.